The summed E-state index contributed by atoms with van der Waals surface area (Å²) in [6, 6.07) is 2.29. The largest absolute Gasteiger partial charge is 0.480 e. The number of hydrogen-bond acceptors (Lipinski definition) is 4. The van der Waals surface area contributed by atoms with Gasteiger partial charge >= 0.3 is 5.97 Å². The molecule has 0 saturated heterocycles. The first kappa shape index (κ1) is 14.0. The van der Waals surface area contributed by atoms with Crippen LogP contribution in [0.25, 0.3) is 0 Å². The maximum Gasteiger partial charge on any atom is 0.323 e. The van der Waals surface area contributed by atoms with Gasteiger partial charge in [0.15, 0.2) is 0 Å². The Kier molecular flexibility index (Phi) is 5.19. The molecular formula is C11H13FN2O4. The van der Waals surface area contributed by atoms with Crippen molar-refractivity contribution in [2.45, 2.75) is 0 Å². The van der Waals surface area contributed by atoms with Crippen molar-refractivity contribution in [1.82, 2.24) is 9.88 Å². The standard InChI is InChI=1S/C11H13FN2O4/c1-18-5-4-14(7-10(15)16)11(17)8-2-3-13-9(12)6-8/h2-3,6H,4-5,7H2,1H3,(H,15,16). The predicted octanol–water partition coefficient (Wildman–Crippen LogP) is 0.394. The average Bonchev–Trinajstić information content (AvgIpc) is 2.33. The molecule has 6 nitrogen and oxygen atoms in total. The first-order valence-electron chi connectivity index (χ1n) is 5.16. The third-order valence-corrected chi connectivity index (χ3v) is 2.15. The van der Waals surface area contributed by atoms with Crippen LogP contribution in [0.15, 0.2) is 18.3 Å². The van der Waals surface area contributed by atoms with Crippen molar-refractivity contribution in [2.24, 2.45) is 0 Å². The highest BCUT2D eigenvalue weighted by molar-refractivity contribution is 5.95. The number of rotatable bonds is 6. The Balaban J connectivity index is 2.83. The number of carbonyl (C=O) groups excluding carboxylic acids is 1. The van der Waals surface area contributed by atoms with E-state index in [1.54, 1.807) is 0 Å². The number of carbonyl (C=O) groups is 2. The Morgan fingerprint density at radius 3 is 2.83 bits per heavy atom. The zero-order chi connectivity index (χ0) is 13.5. The van der Waals surface area contributed by atoms with Crippen LogP contribution in [-0.4, -0.2) is 53.7 Å². The average molecular weight is 256 g/mol. The smallest absolute Gasteiger partial charge is 0.323 e. The van der Waals surface area contributed by atoms with Crippen molar-refractivity contribution in [2.75, 3.05) is 26.8 Å². The lowest BCUT2D eigenvalue weighted by molar-refractivity contribution is -0.137. The molecule has 1 amide bonds. The molecule has 0 radical (unpaired) electrons. The number of nitrogens with zero attached hydrogens (tertiary/aromatic N) is 2. The summed E-state index contributed by atoms with van der Waals surface area (Å²) in [6.07, 6.45) is 1.15. The lowest BCUT2D eigenvalue weighted by Crippen LogP contribution is -2.38. The van der Waals surface area contributed by atoms with E-state index in [0.29, 0.717) is 0 Å². The highest BCUT2D eigenvalue weighted by Crippen LogP contribution is 2.05. The second-order valence-corrected chi connectivity index (χ2v) is 3.48. The van der Waals surface area contributed by atoms with Crippen molar-refractivity contribution >= 4 is 11.9 Å². The summed E-state index contributed by atoms with van der Waals surface area (Å²) in [5, 5.41) is 8.71. The monoisotopic (exact) mass is 256 g/mol. The normalized spacial score (nSPS) is 10.1. The van der Waals surface area contributed by atoms with E-state index in [9.17, 15) is 14.0 Å². The Bertz CT molecular complexity index is 439. The van der Waals surface area contributed by atoms with E-state index in [-0.39, 0.29) is 18.7 Å². The fourth-order valence-electron chi connectivity index (χ4n) is 1.34. The maximum absolute atomic E-state index is 12.9. The third-order valence-electron chi connectivity index (χ3n) is 2.15. The topological polar surface area (TPSA) is 79.7 Å². The zero-order valence-corrected chi connectivity index (χ0v) is 9.80. The predicted molar refractivity (Wildman–Crippen MR) is 59.6 cm³/mol. The highest BCUT2D eigenvalue weighted by atomic mass is 19.1. The van der Waals surface area contributed by atoms with Crippen LogP contribution >= 0.6 is 0 Å². The van der Waals surface area contributed by atoms with Crippen molar-refractivity contribution in [3.8, 4) is 0 Å². The summed E-state index contributed by atoms with van der Waals surface area (Å²) in [5.41, 5.74) is 0.0554. The summed E-state index contributed by atoms with van der Waals surface area (Å²) < 4.78 is 17.7. The van der Waals surface area contributed by atoms with E-state index in [1.165, 1.54) is 13.2 Å². The molecule has 0 aliphatic carbocycles. The molecule has 0 atom stereocenters. The number of hydrogen-bond donors (Lipinski definition) is 1. The first-order chi connectivity index (χ1) is 8.54. The minimum absolute atomic E-state index is 0.0554. The van der Waals surface area contributed by atoms with Crippen LogP contribution < -0.4 is 0 Å². The van der Waals surface area contributed by atoms with E-state index < -0.39 is 24.4 Å². The van der Waals surface area contributed by atoms with Crippen LogP contribution in [0.3, 0.4) is 0 Å². The zero-order valence-electron chi connectivity index (χ0n) is 9.80. The van der Waals surface area contributed by atoms with Crippen LogP contribution in [0, 0.1) is 5.95 Å². The number of aromatic nitrogens is 1. The second kappa shape index (κ2) is 6.65. The number of carboxylic acid groups (broad SMARTS) is 1. The fourth-order valence-corrected chi connectivity index (χ4v) is 1.34. The molecule has 7 heteroatoms. The number of aliphatic carboxylic acids is 1. The molecule has 1 rings (SSSR count). The van der Waals surface area contributed by atoms with E-state index in [0.717, 1.165) is 17.2 Å². The molecule has 0 fully saturated rings. The summed E-state index contributed by atoms with van der Waals surface area (Å²) in [6.45, 7) is -0.149. The van der Waals surface area contributed by atoms with Gasteiger partial charge in [0.1, 0.15) is 6.54 Å². The van der Waals surface area contributed by atoms with Crippen molar-refractivity contribution < 1.29 is 23.8 Å². The number of carboxylic acids is 1. The molecule has 18 heavy (non-hydrogen) atoms. The van der Waals surface area contributed by atoms with Gasteiger partial charge in [-0.05, 0) is 6.07 Å². The molecule has 1 N–H and O–H groups in total. The lowest BCUT2D eigenvalue weighted by Gasteiger charge is -2.20. The number of ether oxygens (including phenoxy) is 1. The molecule has 1 aromatic rings. The van der Waals surface area contributed by atoms with Gasteiger partial charge in [-0.3, -0.25) is 9.59 Å². The van der Waals surface area contributed by atoms with Crippen LogP contribution in [0.2, 0.25) is 0 Å². The Hall–Kier alpha value is -2.02. The molecule has 0 unspecified atom stereocenters. The van der Waals surface area contributed by atoms with Gasteiger partial charge in [0.2, 0.25) is 5.95 Å². The van der Waals surface area contributed by atoms with E-state index in [4.69, 9.17) is 9.84 Å². The van der Waals surface area contributed by atoms with E-state index >= 15 is 0 Å². The number of halogens is 1. The van der Waals surface area contributed by atoms with Crippen molar-refractivity contribution in [1.29, 1.82) is 0 Å². The third kappa shape index (κ3) is 4.10. The molecule has 1 heterocycles. The van der Waals surface area contributed by atoms with Gasteiger partial charge in [0.25, 0.3) is 5.91 Å². The van der Waals surface area contributed by atoms with Crippen LogP contribution in [0.1, 0.15) is 10.4 Å². The number of methoxy groups -OCH3 is 1. The second-order valence-electron chi connectivity index (χ2n) is 3.48. The summed E-state index contributed by atoms with van der Waals surface area (Å²) >= 11 is 0. The summed E-state index contributed by atoms with van der Waals surface area (Å²) in [4.78, 5) is 27.0. The van der Waals surface area contributed by atoms with Gasteiger partial charge in [-0.15, -0.1) is 0 Å². The lowest BCUT2D eigenvalue weighted by atomic mass is 10.2. The van der Waals surface area contributed by atoms with Gasteiger partial charge < -0.3 is 14.7 Å². The van der Waals surface area contributed by atoms with Gasteiger partial charge in [0, 0.05) is 31.5 Å². The van der Waals surface area contributed by atoms with Gasteiger partial charge in [-0.25, -0.2) is 4.98 Å². The Labute approximate surface area is 103 Å². The Morgan fingerprint density at radius 2 is 2.28 bits per heavy atom. The number of amides is 1. The molecular weight excluding hydrogens is 243 g/mol. The molecule has 0 saturated carbocycles. The van der Waals surface area contributed by atoms with Crippen molar-refractivity contribution in [3.05, 3.63) is 29.8 Å². The summed E-state index contributed by atoms with van der Waals surface area (Å²) in [5.74, 6) is -2.51. The Morgan fingerprint density at radius 1 is 1.56 bits per heavy atom. The van der Waals surface area contributed by atoms with Gasteiger partial charge in [-0.2, -0.15) is 4.39 Å². The molecule has 0 aliphatic rings. The molecule has 0 spiro atoms. The molecule has 0 aromatic carbocycles. The van der Waals surface area contributed by atoms with Crippen LogP contribution in [-0.2, 0) is 9.53 Å². The maximum atomic E-state index is 12.9. The molecule has 1 aromatic heterocycles. The quantitative estimate of drug-likeness (QED) is 0.745. The van der Waals surface area contributed by atoms with Gasteiger partial charge in [-0.1, -0.05) is 0 Å². The molecule has 0 bridgehead atoms. The van der Waals surface area contributed by atoms with E-state index in [2.05, 4.69) is 4.98 Å². The van der Waals surface area contributed by atoms with Crippen LogP contribution in [0.5, 0.6) is 0 Å². The SMILES string of the molecule is COCCN(CC(=O)O)C(=O)c1ccnc(F)c1. The minimum Gasteiger partial charge on any atom is -0.480 e. The first-order valence-corrected chi connectivity index (χ1v) is 5.16. The minimum atomic E-state index is -1.14. The summed E-state index contributed by atoms with van der Waals surface area (Å²) in [7, 11) is 1.44. The van der Waals surface area contributed by atoms with E-state index in [1.807, 2.05) is 0 Å². The molecule has 0 aliphatic heterocycles. The molecule has 98 valence electrons. The highest BCUT2D eigenvalue weighted by Gasteiger charge is 2.18. The fraction of sp³-hybridized carbons (Fsp3) is 0.364. The number of pyridine rings is 1. The van der Waals surface area contributed by atoms with Crippen LogP contribution in [0.4, 0.5) is 4.39 Å². The van der Waals surface area contributed by atoms with Crippen molar-refractivity contribution in [3.63, 3.8) is 0 Å². The van der Waals surface area contributed by atoms with Gasteiger partial charge in [0.05, 0.1) is 6.61 Å².